The number of nitrogens with zero attached hydrogens (tertiary/aromatic N) is 1. The summed E-state index contributed by atoms with van der Waals surface area (Å²) in [6, 6.07) is 10.2. The molecule has 3 heteroatoms. The van der Waals surface area contributed by atoms with Crippen LogP contribution in [0.4, 0.5) is 0 Å². The van der Waals surface area contributed by atoms with E-state index in [1.54, 1.807) is 0 Å². The predicted octanol–water partition coefficient (Wildman–Crippen LogP) is 2.10. The van der Waals surface area contributed by atoms with Gasteiger partial charge in [0.25, 0.3) is 0 Å². The van der Waals surface area contributed by atoms with Gasteiger partial charge in [0.15, 0.2) is 0 Å². The Hall–Kier alpha value is -1.35. The van der Waals surface area contributed by atoms with E-state index in [1.165, 1.54) is 5.56 Å². The number of ether oxygens (including phenoxy) is 1. The first-order chi connectivity index (χ1) is 7.71. The molecule has 0 aliphatic carbocycles. The van der Waals surface area contributed by atoms with Gasteiger partial charge in [-0.05, 0) is 12.5 Å². The number of rotatable bonds is 1. The van der Waals surface area contributed by atoms with Crippen LogP contribution in [0.2, 0.25) is 0 Å². The Kier molecular flexibility index (Phi) is 2.04. The van der Waals surface area contributed by atoms with E-state index in [1.807, 2.05) is 30.0 Å². The van der Waals surface area contributed by atoms with Crippen LogP contribution in [0, 0.1) is 0 Å². The van der Waals surface area contributed by atoms with Crippen molar-refractivity contribution in [1.29, 1.82) is 0 Å². The minimum absolute atomic E-state index is 0.0983. The van der Waals surface area contributed by atoms with Crippen LogP contribution in [0.25, 0.3) is 0 Å². The SMILES string of the molecule is C[C@]12CCC(=O)N1C(c1ccccc1)CO2. The van der Waals surface area contributed by atoms with Gasteiger partial charge in [0.05, 0.1) is 12.6 Å². The molecule has 2 atom stereocenters. The Balaban J connectivity index is 1.97. The van der Waals surface area contributed by atoms with Crippen molar-refractivity contribution in [2.75, 3.05) is 6.61 Å². The third-order valence-corrected chi connectivity index (χ3v) is 3.63. The molecule has 0 saturated carbocycles. The van der Waals surface area contributed by atoms with Crippen LogP contribution < -0.4 is 0 Å². The molecule has 2 aliphatic rings. The van der Waals surface area contributed by atoms with Gasteiger partial charge in [-0.15, -0.1) is 0 Å². The van der Waals surface area contributed by atoms with Gasteiger partial charge in [-0.3, -0.25) is 4.79 Å². The lowest BCUT2D eigenvalue weighted by molar-refractivity contribution is -0.136. The maximum absolute atomic E-state index is 11.9. The monoisotopic (exact) mass is 217 g/mol. The molecule has 2 aliphatic heterocycles. The Morgan fingerprint density at radius 3 is 2.88 bits per heavy atom. The van der Waals surface area contributed by atoms with Gasteiger partial charge < -0.3 is 9.64 Å². The smallest absolute Gasteiger partial charge is 0.225 e. The van der Waals surface area contributed by atoms with Crippen molar-refractivity contribution in [2.24, 2.45) is 0 Å². The molecule has 1 amide bonds. The quantitative estimate of drug-likeness (QED) is 0.721. The first kappa shape index (κ1) is 9.85. The summed E-state index contributed by atoms with van der Waals surface area (Å²) < 4.78 is 5.81. The minimum Gasteiger partial charge on any atom is -0.353 e. The second-order valence-electron chi connectivity index (χ2n) is 4.68. The maximum atomic E-state index is 11.9. The molecule has 0 radical (unpaired) electrons. The van der Waals surface area contributed by atoms with E-state index in [4.69, 9.17) is 4.74 Å². The molecule has 2 fully saturated rings. The third kappa shape index (κ3) is 1.28. The highest BCUT2D eigenvalue weighted by atomic mass is 16.5. The number of benzene rings is 1. The van der Waals surface area contributed by atoms with E-state index in [0.717, 1.165) is 6.42 Å². The highest BCUT2D eigenvalue weighted by Crippen LogP contribution is 2.44. The van der Waals surface area contributed by atoms with Gasteiger partial charge in [0.2, 0.25) is 5.91 Å². The van der Waals surface area contributed by atoms with Crippen molar-refractivity contribution >= 4 is 5.91 Å². The fraction of sp³-hybridized carbons (Fsp3) is 0.462. The van der Waals surface area contributed by atoms with Crippen LogP contribution in [0.3, 0.4) is 0 Å². The molecule has 3 rings (SSSR count). The number of fused-ring (bicyclic) bond motifs is 1. The summed E-state index contributed by atoms with van der Waals surface area (Å²) >= 11 is 0. The molecule has 2 saturated heterocycles. The summed E-state index contributed by atoms with van der Waals surface area (Å²) in [5.74, 6) is 0.217. The molecule has 2 heterocycles. The summed E-state index contributed by atoms with van der Waals surface area (Å²) in [6.45, 7) is 2.63. The molecule has 0 aromatic heterocycles. The van der Waals surface area contributed by atoms with Crippen molar-refractivity contribution in [3.05, 3.63) is 35.9 Å². The van der Waals surface area contributed by atoms with Crippen molar-refractivity contribution in [3.8, 4) is 0 Å². The van der Waals surface area contributed by atoms with Crippen LogP contribution in [0.5, 0.6) is 0 Å². The highest BCUT2D eigenvalue weighted by molar-refractivity contribution is 5.80. The van der Waals surface area contributed by atoms with Crippen molar-refractivity contribution < 1.29 is 9.53 Å². The fourth-order valence-electron chi connectivity index (χ4n) is 2.74. The third-order valence-electron chi connectivity index (χ3n) is 3.63. The van der Waals surface area contributed by atoms with Gasteiger partial charge in [0.1, 0.15) is 5.72 Å². The van der Waals surface area contributed by atoms with E-state index >= 15 is 0 Å². The second-order valence-corrected chi connectivity index (χ2v) is 4.68. The molecule has 84 valence electrons. The fourth-order valence-corrected chi connectivity index (χ4v) is 2.74. The van der Waals surface area contributed by atoms with Crippen LogP contribution in [0.15, 0.2) is 30.3 Å². The Morgan fingerprint density at radius 2 is 2.12 bits per heavy atom. The first-order valence-corrected chi connectivity index (χ1v) is 5.72. The maximum Gasteiger partial charge on any atom is 0.225 e. The molecule has 1 aromatic rings. The lowest BCUT2D eigenvalue weighted by atomic mass is 10.1. The molecule has 0 bridgehead atoms. The minimum atomic E-state index is -0.364. The number of carbonyl (C=O) groups is 1. The lowest BCUT2D eigenvalue weighted by Gasteiger charge is -2.29. The van der Waals surface area contributed by atoms with Gasteiger partial charge in [-0.25, -0.2) is 0 Å². The zero-order chi connectivity index (χ0) is 11.2. The Morgan fingerprint density at radius 1 is 1.38 bits per heavy atom. The molecular weight excluding hydrogens is 202 g/mol. The van der Waals surface area contributed by atoms with Gasteiger partial charge in [0, 0.05) is 12.8 Å². The Bertz CT molecular complexity index is 417. The standard InChI is InChI=1S/C13H15NO2/c1-13-8-7-12(15)14(13)11(9-16-13)10-5-3-2-4-6-10/h2-6,11H,7-9H2,1H3/t11?,13-/m0/s1. The highest BCUT2D eigenvalue weighted by Gasteiger charge is 2.51. The molecule has 1 aromatic carbocycles. The average molecular weight is 217 g/mol. The van der Waals surface area contributed by atoms with E-state index in [2.05, 4.69) is 12.1 Å². The largest absolute Gasteiger partial charge is 0.353 e. The zero-order valence-corrected chi connectivity index (χ0v) is 9.35. The molecule has 3 nitrogen and oxygen atoms in total. The van der Waals surface area contributed by atoms with Crippen molar-refractivity contribution in [3.63, 3.8) is 0 Å². The van der Waals surface area contributed by atoms with E-state index in [-0.39, 0.29) is 17.7 Å². The summed E-state index contributed by atoms with van der Waals surface area (Å²) in [6.07, 6.45) is 1.43. The molecule has 0 N–H and O–H groups in total. The van der Waals surface area contributed by atoms with Crippen molar-refractivity contribution in [1.82, 2.24) is 4.90 Å². The van der Waals surface area contributed by atoms with Crippen LogP contribution in [-0.4, -0.2) is 23.1 Å². The number of hydrogen-bond donors (Lipinski definition) is 0. The predicted molar refractivity (Wildman–Crippen MR) is 59.6 cm³/mol. The van der Waals surface area contributed by atoms with Gasteiger partial charge >= 0.3 is 0 Å². The zero-order valence-electron chi connectivity index (χ0n) is 9.35. The average Bonchev–Trinajstić information content (AvgIpc) is 2.78. The molecular formula is C13H15NO2. The summed E-state index contributed by atoms with van der Waals surface area (Å²) in [5, 5.41) is 0. The van der Waals surface area contributed by atoms with Gasteiger partial charge in [-0.2, -0.15) is 0 Å². The summed E-state index contributed by atoms with van der Waals surface area (Å²) in [4.78, 5) is 13.8. The summed E-state index contributed by atoms with van der Waals surface area (Å²) in [7, 11) is 0. The van der Waals surface area contributed by atoms with Crippen LogP contribution >= 0.6 is 0 Å². The van der Waals surface area contributed by atoms with E-state index in [9.17, 15) is 4.79 Å². The molecule has 1 unspecified atom stereocenters. The topological polar surface area (TPSA) is 29.5 Å². The number of carbonyl (C=O) groups excluding carboxylic acids is 1. The second kappa shape index (κ2) is 3.32. The summed E-state index contributed by atoms with van der Waals surface area (Å²) in [5.41, 5.74) is 0.805. The van der Waals surface area contributed by atoms with Crippen molar-refractivity contribution in [2.45, 2.75) is 31.5 Å². The molecule has 0 spiro atoms. The number of amides is 1. The number of hydrogen-bond acceptors (Lipinski definition) is 2. The van der Waals surface area contributed by atoms with E-state index in [0.29, 0.717) is 13.0 Å². The van der Waals surface area contributed by atoms with E-state index < -0.39 is 0 Å². The van der Waals surface area contributed by atoms with Crippen LogP contribution in [-0.2, 0) is 9.53 Å². The lowest BCUT2D eigenvalue weighted by Crippen LogP contribution is -2.39. The Labute approximate surface area is 95.0 Å². The first-order valence-electron chi connectivity index (χ1n) is 5.72. The van der Waals surface area contributed by atoms with Gasteiger partial charge in [-0.1, -0.05) is 30.3 Å². The normalized spacial score (nSPS) is 33.2. The van der Waals surface area contributed by atoms with Crippen LogP contribution in [0.1, 0.15) is 31.4 Å². The molecule has 16 heavy (non-hydrogen) atoms.